The highest BCUT2D eigenvalue weighted by molar-refractivity contribution is 7.98. The SMILES string of the molecule is Cc1ccc(C)c(-n2c(SCc3nc(N)nc(N)n3)nnc2-c2ccccc2Cl)c1. The number of benzene rings is 2. The van der Waals surface area contributed by atoms with Gasteiger partial charge in [-0.1, -0.05) is 47.6 Å². The molecule has 152 valence electrons. The molecule has 0 amide bonds. The van der Waals surface area contributed by atoms with E-state index in [-0.39, 0.29) is 11.9 Å². The fourth-order valence-corrected chi connectivity index (χ4v) is 4.03. The Balaban J connectivity index is 1.81. The van der Waals surface area contributed by atoms with Gasteiger partial charge in [0.2, 0.25) is 11.9 Å². The van der Waals surface area contributed by atoms with Gasteiger partial charge in [0, 0.05) is 5.56 Å². The van der Waals surface area contributed by atoms with Gasteiger partial charge in [-0.3, -0.25) is 4.57 Å². The van der Waals surface area contributed by atoms with E-state index in [1.165, 1.54) is 11.8 Å². The maximum Gasteiger partial charge on any atom is 0.225 e. The van der Waals surface area contributed by atoms with Crippen LogP contribution < -0.4 is 11.5 Å². The first-order chi connectivity index (χ1) is 14.4. The number of rotatable bonds is 5. The first-order valence-electron chi connectivity index (χ1n) is 9.09. The van der Waals surface area contributed by atoms with Crippen molar-refractivity contribution < 1.29 is 0 Å². The van der Waals surface area contributed by atoms with Gasteiger partial charge in [-0.15, -0.1) is 10.2 Å². The van der Waals surface area contributed by atoms with Crippen molar-refractivity contribution in [2.45, 2.75) is 24.8 Å². The molecule has 0 saturated heterocycles. The topological polar surface area (TPSA) is 121 Å². The second-order valence-corrected chi connectivity index (χ2v) is 8.02. The minimum absolute atomic E-state index is 0.0888. The third-order valence-electron chi connectivity index (χ3n) is 4.40. The van der Waals surface area contributed by atoms with Crippen molar-refractivity contribution in [3.05, 3.63) is 64.4 Å². The first-order valence-corrected chi connectivity index (χ1v) is 10.5. The zero-order chi connectivity index (χ0) is 21.3. The molecule has 0 aliphatic rings. The molecule has 0 atom stereocenters. The quantitative estimate of drug-likeness (QED) is 0.450. The molecule has 0 aliphatic carbocycles. The molecule has 0 unspecified atom stereocenters. The molecule has 2 heterocycles. The Hall–Kier alpha value is -3.17. The van der Waals surface area contributed by atoms with Crippen LogP contribution in [0.1, 0.15) is 17.0 Å². The normalized spacial score (nSPS) is 11.0. The van der Waals surface area contributed by atoms with Gasteiger partial charge < -0.3 is 11.5 Å². The largest absolute Gasteiger partial charge is 0.368 e. The van der Waals surface area contributed by atoms with E-state index in [1.807, 2.05) is 42.7 Å². The van der Waals surface area contributed by atoms with Gasteiger partial charge in [0.05, 0.1) is 16.5 Å². The van der Waals surface area contributed by atoms with E-state index < -0.39 is 0 Å². The number of halogens is 1. The number of hydrogen-bond donors (Lipinski definition) is 2. The van der Waals surface area contributed by atoms with Gasteiger partial charge in [0.1, 0.15) is 5.82 Å². The summed E-state index contributed by atoms with van der Waals surface area (Å²) in [6, 6.07) is 13.8. The second-order valence-electron chi connectivity index (χ2n) is 6.67. The first kappa shape index (κ1) is 20.1. The number of aromatic nitrogens is 6. The van der Waals surface area contributed by atoms with Crippen LogP contribution in [0, 0.1) is 13.8 Å². The van der Waals surface area contributed by atoms with E-state index in [0.717, 1.165) is 22.4 Å². The third kappa shape index (κ3) is 4.07. The minimum Gasteiger partial charge on any atom is -0.368 e. The molecular formula is C20H19ClN8S. The van der Waals surface area contributed by atoms with Crippen molar-refractivity contribution in [3.63, 3.8) is 0 Å². The summed E-state index contributed by atoms with van der Waals surface area (Å²) in [6.45, 7) is 4.10. The third-order valence-corrected chi connectivity index (χ3v) is 5.65. The van der Waals surface area contributed by atoms with Gasteiger partial charge >= 0.3 is 0 Å². The fourth-order valence-electron chi connectivity index (χ4n) is 3.01. The van der Waals surface area contributed by atoms with Gasteiger partial charge in [0.25, 0.3) is 0 Å². The van der Waals surface area contributed by atoms with Crippen LogP contribution in [0.2, 0.25) is 5.02 Å². The summed E-state index contributed by atoms with van der Waals surface area (Å²) in [5.41, 5.74) is 15.4. The van der Waals surface area contributed by atoms with Crippen LogP contribution in [0.15, 0.2) is 47.6 Å². The Morgan fingerprint density at radius 1 is 0.967 bits per heavy atom. The van der Waals surface area contributed by atoms with Crippen LogP contribution in [0.5, 0.6) is 0 Å². The van der Waals surface area contributed by atoms with Crippen molar-refractivity contribution in [2.75, 3.05) is 11.5 Å². The smallest absolute Gasteiger partial charge is 0.225 e. The van der Waals surface area contributed by atoms with E-state index in [2.05, 4.69) is 43.3 Å². The maximum absolute atomic E-state index is 6.46. The Labute approximate surface area is 182 Å². The molecule has 4 N–H and O–H groups in total. The molecule has 0 bridgehead atoms. The molecule has 0 aliphatic heterocycles. The van der Waals surface area contributed by atoms with E-state index in [9.17, 15) is 0 Å². The standard InChI is InChI=1S/C20H19ClN8S/c1-11-7-8-12(2)15(9-11)29-17(13-5-3-4-6-14(13)21)27-28-20(29)30-10-16-24-18(22)26-19(23)25-16/h3-9H,10H2,1-2H3,(H4,22,23,24,25,26). The van der Waals surface area contributed by atoms with Crippen LogP contribution in [-0.2, 0) is 5.75 Å². The average Bonchev–Trinajstić information content (AvgIpc) is 3.11. The predicted molar refractivity (Wildman–Crippen MR) is 119 cm³/mol. The number of hydrogen-bond acceptors (Lipinski definition) is 8. The van der Waals surface area contributed by atoms with Gasteiger partial charge in [-0.2, -0.15) is 15.0 Å². The summed E-state index contributed by atoms with van der Waals surface area (Å²) < 4.78 is 2.00. The van der Waals surface area contributed by atoms with Crippen molar-refractivity contribution in [2.24, 2.45) is 0 Å². The number of nitrogens with zero attached hydrogens (tertiary/aromatic N) is 6. The average molecular weight is 439 g/mol. The van der Waals surface area contributed by atoms with Gasteiger partial charge in [-0.05, 0) is 43.2 Å². The van der Waals surface area contributed by atoms with Crippen molar-refractivity contribution in [1.82, 2.24) is 29.7 Å². The number of nitrogens with two attached hydrogens (primary N) is 2. The molecule has 0 saturated carbocycles. The highest BCUT2D eigenvalue weighted by Crippen LogP contribution is 2.33. The highest BCUT2D eigenvalue weighted by Gasteiger charge is 2.20. The maximum atomic E-state index is 6.46. The molecule has 0 radical (unpaired) electrons. The molecule has 30 heavy (non-hydrogen) atoms. The molecule has 0 spiro atoms. The number of thioether (sulfide) groups is 1. The van der Waals surface area contributed by atoms with Crippen LogP contribution in [0.25, 0.3) is 17.1 Å². The lowest BCUT2D eigenvalue weighted by molar-refractivity contribution is 0.876. The second kappa shape index (κ2) is 8.29. The Bertz CT molecular complexity index is 1200. The van der Waals surface area contributed by atoms with Gasteiger partial charge in [0.15, 0.2) is 11.0 Å². The fraction of sp³-hybridized carbons (Fsp3) is 0.150. The van der Waals surface area contributed by atoms with Crippen molar-refractivity contribution in [3.8, 4) is 17.1 Å². The lowest BCUT2D eigenvalue weighted by Crippen LogP contribution is -2.07. The number of aryl methyl sites for hydroxylation is 2. The van der Waals surface area contributed by atoms with Crippen LogP contribution >= 0.6 is 23.4 Å². The summed E-state index contributed by atoms with van der Waals surface area (Å²) in [5, 5.41) is 10.2. The summed E-state index contributed by atoms with van der Waals surface area (Å²) in [6.07, 6.45) is 0. The van der Waals surface area contributed by atoms with Gasteiger partial charge in [-0.25, -0.2) is 0 Å². The van der Waals surface area contributed by atoms with Crippen LogP contribution in [-0.4, -0.2) is 29.7 Å². The van der Waals surface area contributed by atoms with Crippen molar-refractivity contribution in [1.29, 1.82) is 0 Å². The zero-order valence-electron chi connectivity index (χ0n) is 16.4. The van der Waals surface area contributed by atoms with E-state index in [4.69, 9.17) is 23.1 Å². The van der Waals surface area contributed by atoms with Crippen LogP contribution in [0.4, 0.5) is 11.9 Å². The molecule has 4 aromatic rings. The molecule has 10 heteroatoms. The Morgan fingerprint density at radius 2 is 1.70 bits per heavy atom. The summed E-state index contributed by atoms with van der Waals surface area (Å²) in [4.78, 5) is 12.1. The van der Waals surface area contributed by atoms with E-state index >= 15 is 0 Å². The summed E-state index contributed by atoms with van der Waals surface area (Å²) in [7, 11) is 0. The van der Waals surface area contributed by atoms with Crippen LogP contribution in [0.3, 0.4) is 0 Å². The molecule has 0 fully saturated rings. The lowest BCUT2D eigenvalue weighted by atomic mass is 10.1. The molecule has 2 aromatic heterocycles. The minimum atomic E-state index is 0.0888. The zero-order valence-corrected chi connectivity index (χ0v) is 17.9. The number of nitrogen functional groups attached to an aromatic ring is 2. The lowest BCUT2D eigenvalue weighted by Gasteiger charge is -2.14. The molecule has 4 rings (SSSR count). The predicted octanol–water partition coefficient (Wildman–Crippen LogP) is 3.85. The highest BCUT2D eigenvalue weighted by atomic mass is 35.5. The Kier molecular flexibility index (Phi) is 5.56. The molecule has 2 aromatic carbocycles. The van der Waals surface area contributed by atoms with E-state index in [0.29, 0.717) is 27.6 Å². The molecule has 8 nitrogen and oxygen atoms in total. The van der Waals surface area contributed by atoms with Crippen molar-refractivity contribution >= 4 is 35.3 Å². The van der Waals surface area contributed by atoms with E-state index in [1.54, 1.807) is 0 Å². The number of anilines is 2. The molecular weight excluding hydrogens is 420 g/mol. The Morgan fingerprint density at radius 3 is 2.43 bits per heavy atom. The summed E-state index contributed by atoms with van der Waals surface area (Å²) in [5.74, 6) is 1.71. The summed E-state index contributed by atoms with van der Waals surface area (Å²) >= 11 is 7.89. The monoisotopic (exact) mass is 438 g/mol.